The second kappa shape index (κ2) is 109. The number of amides is 1. The van der Waals surface area contributed by atoms with Gasteiger partial charge in [0.25, 0.3) is 0 Å². The molecule has 0 aliphatic carbocycles. The number of carboxylic acids is 1. The Bertz CT molecular complexity index is 1510. The molecule has 1 amide bonds. The van der Waals surface area contributed by atoms with Crippen molar-refractivity contribution in [3.8, 4) is 0 Å². The number of unbranched alkanes of at least 4 members (excludes halogenated alkanes) is 88. The molecule has 7 nitrogen and oxygen atoms in total. The Hall–Kier alpha value is -1.18. The minimum absolute atomic E-state index is 0.164. The molecule has 0 fully saturated rings. The molecule has 0 atom stereocenters. The number of carboxylic acid groups (broad SMARTS) is 1. The molecular formula is C100H206N4O3. The van der Waals surface area contributed by atoms with Gasteiger partial charge >= 0.3 is 5.97 Å². The van der Waals surface area contributed by atoms with Gasteiger partial charge in [-0.25, -0.2) is 0 Å². The molecule has 0 aliphatic heterocycles. The van der Waals surface area contributed by atoms with Crippen LogP contribution in [-0.2, 0) is 9.59 Å². The van der Waals surface area contributed by atoms with E-state index >= 15 is 0 Å². The van der Waals surface area contributed by atoms with Gasteiger partial charge in [-0.3, -0.25) is 9.59 Å². The molecule has 0 aliphatic rings. The second-order valence-electron chi connectivity index (χ2n) is 34.7. The monoisotopic (exact) mass is 1510 g/mol. The van der Waals surface area contributed by atoms with Crippen LogP contribution in [0.15, 0.2) is 0 Å². The molecule has 0 unspecified atom stereocenters. The fourth-order valence-electron chi connectivity index (χ4n) is 16.2. The molecule has 0 bridgehead atoms. The van der Waals surface area contributed by atoms with Crippen LogP contribution in [0, 0.1) is 0 Å². The largest absolute Gasteiger partial charge is 0.481 e. The van der Waals surface area contributed by atoms with E-state index in [1.54, 1.807) is 0 Å². The molecule has 7 heteroatoms. The highest BCUT2D eigenvalue weighted by atomic mass is 16.4. The maximum atomic E-state index is 11.5. The van der Waals surface area contributed by atoms with Gasteiger partial charge in [0.15, 0.2) is 0 Å². The second-order valence-corrected chi connectivity index (χ2v) is 34.7. The number of carbonyl (C=O) groups is 2. The number of hydrogen-bond donors (Lipinski definition) is 5. The van der Waals surface area contributed by atoms with Crippen LogP contribution < -0.4 is 22.5 Å². The van der Waals surface area contributed by atoms with Crippen LogP contribution in [0.4, 0.5) is 0 Å². The van der Waals surface area contributed by atoms with Gasteiger partial charge in [0.1, 0.15) is 0 Å². The quantitative estimate of drug-likeness (QED) is 0.0384. The predicted octanol–water partition coefficient (Wildman–Crippen LogP) is 34.0. The highest BCUT2D eigenvalue weighted by Crippen LogP contribution is 2.23. The van der Waals surface area contributed by atoms with E-state index < -0.39 is 5.97 Å². The Morgan fingerprint density at radius 2 is 0.290 bits per heavy atom. The molecule has 0 spiro atoms. The molecule has 0 aromatic carbocycles. The van der Waals surface area contributed by atoms with E-state index in [0.29, 0.717) is 39.0 Å². The van der Waals surface area contributed by atoms with Crippen molar-refractivity contribution in [1.29, 1.82) is 0 Å². The van der Waals surface area contributed by atoms with Crippen molar-refractivity contribution in [3.63, 3.8) is 0 Å². The number of hydrogen-bond acceptors (Lipinski definition) is 5. The van der Waals surface area contributed by atoms with Gasteiger partial charge in [-0.05, 0) is 12.8 Å². The van der Waals surface area contributed by atoms with Crippen molar-refractivity contribution < 1.29 is 14.7 Å². The molecule has 644 valence electrons. The minimum atomic E-state index is -0.646. The van der Waals surface area contributed by atoms with Crippen LogP contribution in [0.3, 0.4) is 0 Å². The zero-order chi connectivity index (χ0) is 77.7. The highest BCUT2D eigenvalue weighted by molar-refractivity contribution is 5.75. The molecule has 0 heterocycles. The maximum absolute atomic E-state index is 11.5. The van der Waals surface area contributed by atoms with Gasteiger partial charge in [-0.15, -0.1) is 0 Å². The Morgan fingerprint density at radius 3 is 0.393 bits per heavy atom. The van der Waals surface area contributed by atoms with E-state index in [-0.39, 0.29) is 5.91 Å². The first-order chi connectivity index (χ1) is 53.0. The van der Waals surface area contributed by atoms with Crippen LogP contribution >= 0.6 is 0 Å². The smallest absolute Gasteiger partial charge is 0.303 e. The average Bonchev–Trinajstić information content (AvgIpc) is 3.88. The summed E-state index contributed by atoms with van der Waals surface area (Å²) in [6.45, 7) is 6.96. The highest BCUT2D eigenvalue weighted by Gasteiger charge is 2.05. The van der Waals surface area contributed by atoms with Gasteiger partial charge in [-0.1, -0.05) is 579 Å². The zero-order valence-electron chi connectivity index (χ0n) is 74.4. The molecule has 0 aromatic rings. The van der Waals surface area contributed by atoms with Crippen molar-refractivity contribution >= 4 is 11.9 Å². The Labute approximate surface area is 676 Å². The lowest BCUT2D eigenvalue weighted by Gasteiger charge is -2.05. The van der Waals surface area contributed by atoms with Crippen LogP contribution in [0.1, 0.15) is 605 Å². The van der Waals surface area contributed by atoms with Crippen LogP contribution in [-0.4, -0.2) is 43.2 Å². The standard InChI is InChI=1S/C50H102N2O.C48H96O2.C2H8N2/c1-2-3-4-5-6-7-8-9-10-11-12-13-14-15-16-17-18-19-20-21-22-23-24-25-26-27-28-29-30-31-32-33-34-35-36-37-38-39-40-41-42-43-44-45-46-47-50(53)52-49-48-51;1-2-3-4-5-6-7-8-9-10-11-12-13-14-15-16-17-18-19-20-21-22-23-24-25-26-27-28-29-30-31-32-33-34-35-36-37-38-39-40-41-42-43-44-45-46-47-48(49)50;3-1-2-4/h2-49,51H2,1H3,(H,52,53);2-47H2,1H3,(H,49,50);1-4H2. The van der Waals surface area contributed by atoms with Crippen LogP contribution in [0.25, 0.3) is 0 Å². The summed E-state index contributed by atoms with van der Waals surface area (Å²) in [6.07, 6.45) is 131. The maximum Gasteiger partial charge on any atom is 0.303 e. The van der Waals surface area contributed by atoms with Crippen molar-refractivity contribution in [2.45, 2.75) is 605 Å². The van der Waals surface area contributed by atoms with Gasteiger partial charge in [0.2, 0.25) is 5.91 Å². The third kappa shape index (κ3) is 116. The molecule has 0 saturated carbocycles. The molecule has 0 aromatic heterocycles. The van der Waals surface area contributed by atoms with Crippen LogP contribution in [0.5, 0.6) is 0 Å². The fourth-order valence-corrected chi connectivity index (χ4v) is 16.2. The lowest BCUT2D eigenvalue weighted by molar-refractivity contribution is -0.137. The lowest BCUT2D eigenvalue weighted by atomic mass is 10.0. The summed E-state index contributed by atoms with van der Waals surface area (Å²) in [5, 5.41) is 11.5. The Morgan fingerprint density at radius 1 is 0.178 bits per heavy atom. The van der Waals surface area contributed by atoms with Crippen molar-refractivity contribution in [2.75, 3.05) is 26.2 Å². The summed E-state index contributed by atoms with van der Waals surface area (Å²) in [6, 6.07) is 0. The van der Waals surface area contributed by atoms with Crippen molar-refractivity contribution in [1.82, 2.24) is 5.32 Å². The van der Waals surface area contributed by atoms with E-state index in [4.69, 9.17) is 22.3 Å². The third-order valence-corrected chi connectivity index (χ3v) is 23.6. The number of nitrogens with one attached hydrogen (secondary N) is 1. The predicted molar refractivity (Wildman–Crippen MR) is 484 cm³/mol. The third-order valence-electron chi connectivity index (χ3n) is 23.6. The van der Waals surface area contributed by atoms with E-state index in [1.807, 2.05) is 0 Å². The number of carbonyl (C=O) groups excluding carboxylic acids is 1. The van der Waals surface area contributed by atoms with Gasteiger partial charge in [-0.2, -0.15) is 0 Å². The summed E-state index contributed by atoms with van der Waals surface area (Å²) in [5.74, 6) is -0.482. The molecule has 0 saturated heterocycles. The lowest BCUT2D eigenvalue weighted by Crippen LogP contribution is -2.28. The SMILES string of the molecule is CCCCCCCCCCCCCCCCCCCCCCCCCCCCCCCCCCCCCCCCCCCCCCCC(=O)NCCN.CCCCCCCCCCCCCCCCCCCCCCCCCCCCCCCCCCCCCCCCCCCCCCCC(=O)O.NCCN. The zero-order valence-corrected chi connectivity index (χ0v) is 74.4. The summed E-state index contributed by atoms with van der Waals surface area (Å²) >= 11 is 0. The van der Waals surface area contributed by atoms with E-state index in [0.717, 1.165) is 19.3 Å². The summed E-state index contributed by atoms with van der Waals surface area (Å²) in [5.41, 5.74) is 15.2. The van der Waals surface area contributed by atoms with Gasteiger partial charge in [0.05, 0.1) is 0 Å². The molecule has 8 N–H and O–H groups in total. The summed E-state index contributed by atoms with van der Waals surface area (Å²) in [7, 11) is 0. The molecular weight excluding hydrogens is 1310 g/mol. The number of aliphatic carboxylic acids is 1. The molecule has 0 radical (unpaired) electrons. The topological polar surface area (TPSA) is 144 Å². The Kier molecular flexibility index (Phi) is 112. The van der Waals surface area contributed by atoms with E-state index in [9.17, 15) is 9.59 Å². The number of rotatable bonds is 95. The first-order valence-electron chi connectivity index (χ1n) is 50.6. The minimum Gasteiger partial charge on any atom is -0.481 e. The van der Waals surface area contributed by atoms with Gasteiger partial charge < -0.3 is 27.6 Å². The van der Waals surface area contributed by atoms with Crippen LogP contribution in [0.2, 0.25) is 0 Å². The normalized spacial score (nSPS) is 11.4. The number of nitrogens with two attached hydrogens (primary N) is 3. The Balaban J connectivity index is -0.00000193. The summed E-state index contributed by atoms with van der Waals surface area (Å²) < 4.78 is 0. The first-order valence-corrected chi connectivity index (χ1v) is 50.6. The van der Waals surface area contributed by atoms with Crippen molar-refractivity contribution in [2.24, 2.45) is 17.2 Å². The summed E-state index contributed by atoms with van der Waals surface area (Å²) in [4.78, 5) is 22.0. The van der Waals surface area contributed by atoms with Gasteiger partial charge in [0, 0.05) is 39.0 Å². The van der Waals surface area contributed by atoms with E-state index in [1.165, 1.54) is 559 Å². The average molecular weight is 1510 g/mol. The van der Waals surface area contributed by atoms with Crippen molar-refractivity contribution in [3.05, 3.63) is 0 Å². The molecule has 0 rings (SSSR count). The fraction of sp³-hybridized carbons (Fsp3) is 0.980. The molecule has 107 heavy (non-hydrogen) atoms. The van der Waals surface area contributed by atoms with E-state index in [2.05, 4.69) is 19.2 Å². The first kappa shape index (κ1) is 110.